The number of hydrogen-bond acceptors (Lipinski definition) is 4. The van der Waals surface area contributed by atoms with Gasteiger partial charge in [0, 0.05) is 22.8 Å². The Morgan fingerprint density at radius 2 is 1.70 bits per heavy atom. The van der Waals surface area contributed by atoms with Gasteiger partial charge in [0.2, 0.25) is 0 Å². The van der Waals surface area contributed by atoms with E-state index in [9.17, 15) is 13.2 Å². The van der Waals surface area contributed by atoms with Crippen LogP contribution in [-0.2, 0) is 10.7 Å². The van der Waals surface area contributed by atoms with E-state index in [-0.39, 0.29) is 15.5 Å². The summed E-state index contributed by atoms with van der Waals surface area (Å²) < 4.78 is 22.2. The van der Waals surface area contributed by atoms with Crippen LogP contribution in [0.3, 0.4) is 0 Å². The Hall–Kier alpha value is -2.93. The van der Waals surface area contributed by atoms with Gasteiger partial charge in [0.15, 0.2) is 10.7 Å². The van der Waals surface area contributed by atoms with E-state index in [1.54, 1.807) is 24.4 Å². The van der Waals surface area contributed by atoms with Crippen LogP contribution in [0.4, 0.5) is 5.69 Å². The molecule has 0 aliphatic heterocycles. The molecular formula is C22H14Cl2N2O3S. The van der Waals surface area contributed by atoms with Gasteiger partial charge in [-0.15, -0.1) is 0 Å². The average molecular weight is 457 g/mol. The second-order valence-corrected chi connectivity index (χ2v) is 8.30. The number of nitrogens with zero attached hydrogens (tertiary/aromatic N) is 1. The second-order valence-electron chi connectivity index (χ2n) is 6.45. The molecule has 0 atom stereocenters. The van der Waals surface area contributed by atoms with Gasteiger partial charge < -0.3 is 5.32 Å². The van der Waals surface area contributed by atoms with E-state index in [0.717, 1.165) is 10.8 Å². The summed E-state index contributed by atoms with van der Waals surface area (Å²) in [6, 6.07) is 18.8. The predicted molar refractivity (Wildman–Crippen MR) is 120 cm³/mol. The molecule has 0 spiro atoms. The van der Waals surface area contributed by atoms with E-state index in [0.29, 0.717) is 22.0 Å². The van der Waals surface area contributed by atoms with Gasteiger partial charge in [-0.05, 0) is 47.9 Å². The lowest BCUT2D eigenvalue weighted by Gasteiger charge is -2.11. The highest BCUT2D eigenvalue weighted by Gasteiger charge is 2.14. The molecule has 0 fully saturated rings. The number of thiol groups is 1. The molecule has 0 bridgehead atoms. The number of carbonyl (C=O) groups excluding carboxylic acids is 1. The molecule has 150 valence electrons. The van der Waals surface area contributed by atoms with Crippen molar-refractivity contribution in [1.82, 2.24) is 4.98 Å². The maximum absolute atomic E-state index is 12.7. The minimum atomic E-state index is -2.78. The Labute approximate surface area is 184 Å². The van der Waals surface area contributed by atoms with Crippen molar-refractivity contribution in [2.45, 2.75) is 4.90 Å². The number of rotatable bonds is 4. The Bertz CT molecular complexity index is 1360. The number of halogens is 2. The Morgan fingerprint density at radius 1 is 0.900 bits per heavy atom. The van der Waals surface area contributed by atoms with Crippen LogP contribution in [0.15, 0.2) is 77.8 Å². The predicted octanol–water partition coefficient (Wildman–Crippen LogP) is 5.43. The molecule has 1 N–H and O–H groups in total. The highest BCUT2D eigenvalue weighted by atomic mass is 35.5. The second kappa shape index (κ2) is 8.44. The van der Waals surface area contributed by atoms with Gasteiger partial charge in [-0.1, -0.05) is 47.5 Å². The van der Waals surface area contributed by atoms with E-state index < -0.39 is 16.6 Å². The van der Waals surface area contributed by atoms with Gasteiger partial charge in [0.1, 0.15) is 0 Å². The number of anilines is 1. The quantitative estimate of drug-likeness (QED) is 0.401. The van der Waals surface area contributed by atoms with E-state index in [1.807, 2.05) is 30.3 Å². The first-order valence-corrected chi connectivity index (χ1v) is 10.8. The van der Waals surface area contributed by atoms with Crippen molar-refractivity contribution in [1.29, 1.82) is 0 Å². The summed E-state index contributed by atoms with van der Waals surface area (Å²) in [7, 11) is -2.78. The molecule has 0 radical (unpaired) electrons. The van der Waals surface area contributed by atoms with Crippen LogP contribution in [0.25, 0.3) is 22.0 Å². The number of aromatic nitrogens is 1. The van der Waals surface area contributed by atoms with Crippen LogP contribution >= 0.6 is 23.2 Å². The molecule has 0 unspecified atom stereocenters. The van der Waals surface area contributed by atoms with E-state index >= 15 is 0 Å². The molecule has 3 aromatic carbocycles. The smallest absolute Gasteiger partial charge is 0.257 e. The monoisotopic (exact) mass is 456 g/mol. The highest BCUT2D eigenvalue weighted by Crippen LogP contribution is 2.34. The van der Waals surface area contributed by atoms with Crippen LogP contribution in [0.5, 0.6) is 0 Å². The van der Waals surface area contributed by atoms with Crippen LogP contribution in [-0.4, -0.2) is 19.3 Å². The fourth-order valence-corrected chi connectivity index (χ4v) is 4.10. The number of pyridine rings is 1. The lowest BCUT2D eigenvalue weighted by atomic mass is 10.0. The third-order valence-corrected chi connectivity index (χ3v) is 5.90. The molecule has 0 aliphatic rings. The Balaban J connectivity index is 1.70. The van der Waals surface area contributed by atoms with Crippen molar-refractivity contribution in [2.75, 3.05) is 5.32 Å². The van der Waals surface area contributed by atoms with Crippen molar-refractivity contribution >= 4 is 56.3 Å². The van der Waals surface area contributed by atoms with Gasteiger partial charge in [0.25, 0.3) is 5.91 Å². The number of carbonyl (C=O) groups is 1. The Kier molecular flexibility index (Phi) is 5.72. The molecule has 30 heavy (non-hydrogen) atoms. The van der Waals surface area contributed by atoms with Gasteiger partial charge in [-0.2, -0.15) is 0 Å². The molecule has 0 saturated carbocycles. The topological polar surface area (TPSA) is 76.1 Å². The fraction of sp³-hybridized carbons (Fsp3) is 0. The first kappa shape index (κ1) is 20.3. The van der Waals surface area contributed by atoms with E-state index in [2.05, 4.69) is 10.3 Å². The van der Waals surface area contributed by atoms with Gasteiger partial charge in [-0.25, -0.2) is 8.42 Å². The molecular weight excluding hydrogens is 443 g/mol. The number of amides is 1. The van der Waals surface area contributed by atoms with Gasteiger partial charge >= 0.3 is 0 Å². The lowest BCUT2D eigenvalue weighted by Crippen LogP contribution is -2.12. The normalized spacial score (nSPS) is 11.0. The largest absolute Gasteiger partial charge is 0.322 e. The van der Waals surface area contributed by atoms with E-state index in [1.165, 1.54) is 18.2 Å². The third-order valence-electron chi connectivity index (χ3n) is 4.56. The lowest BCUT2D eigenvalue weighted by molar-refractivity contribution is 0.102. The minimum absolute atomic E-state index is 0.0439. The van der Waals surface area contributed by atoms with Crippen molar-refractivity contribution < 1.29 is 13.2 Å². The minimum Gasteiger partial charge on any atom is -0.322 e. The summed E-state index contributed by atoms with van der Waals surface area (Å²) in [5, 5.41) is 5.29. The standard InChI is InChI=1S/C22H14Cl2N2O3S/c23-19-8-5-14(26-22(27)17-7-6-15(30(28)29)12-20(17)24)11-18(19)21-16-4-2-1-3-13(16)9-10-25-21/h1-12,30H,(H,26,27). The zero-order valence-electron chi connectivity index (χ0n) is 15.3. The molecule has 4 rings (SSSR count). The molecule has 5 nitrogen and oxygen atoms in total. The van der Waals surface area contributed by atoms with Gasteiger partial charge in [-0.3, -0.25) is 9.78 Å². The summed E-state index contributed by atoms with van der Waals surface area (Å²) in [6.45, 7) is 0. The molecule has 1 aromatic heterocycles. The summed E-state index contributed by atoms with van der Waals surface area (Å²) in [5.41, 5.74) is 2.05. The summed E-state index contributed by atoms with van der Waals surface area (Å²) in [6.07, 6.45) is 1.71. The van der Waals surface area contributed by atoms with Crippen LogP contribution in [0, 0.1) is 0 Å². The number of nitrogens with one attached hydrogen (secondary N) is 1. The fourth-order valence-electron chi connectivity index (χ4n) is 3.12. The van der Waals surface area contributed by atoms with Crippen molar-refractivity contribution in [2.24, 2.45) is 0 Å². The molecule has 1 amide bonds. The first-order chi connectivity index (χ1) is 14.4. The van der Waals surface area contributed by atoms with Crippen molar-refractivity contribution in [3.8, 4) is 11.3 Å². The maximum atomic E-state index is 12.7. The zero-order valence-corrected chi connectivity index (χ0v) is 17.7. The van der Waals surface area contributed by atoms with Crippen molar-refractivity contribution in [3.63, 3.8) is 0 Å². The summed E-state index contributed by atoms with van der Waals surface area (Å²) >= 11 is 12.5. The van der Waals surface area contributed by atoms with Crippen LogP contribution < -0.4 is 5.32 Å². The summed E-state index contributed by atoms with van der Waals surface area (Å²) in [4.78, 5) is 17.2. The number of hydrogen-bond donors (Lipinski definition) is 2. The zero-order chi connectivity index (χ0) is 21.3. The Morgan fingerprint density at radius 3 is 2.47 bits per heavy atom. The first-order valence-electron chi connectivity index (χ1n) is 8.83. The third kappa shape index (κ3) is 4.03. The van der Waals surface area contributed by atoms with E-state index in [4.69, 9.17) is 23.2 Å². The molecule has 1 heterocycles. The van der Waals surface area contributed by atoms with Crippen molar-refractivity contribution in [3.05, 3.63) is 88.5 Å². The SMILES string of the molecule is O=C(Nc1ccc(Cl)c(-c2nccc3ccccc23)c1)c1ccc([SH](=O)=O)cc1Cl. The van der Waals surface area contributed by atoms with Crippen LogP contribution in [0.1, 0.15) is 10.4 Å². The molecule has 4 aromatic rings. The molecule has 0 saturated heterocycles. The summed E-state index contributed by atoms with van der Waals surface area (Å²) in [5.74, 6) is -0.466. The molecule has 8 heteroatoms. The number of benzene rings is 3. The maximum Gasteiger partial charge on any atom is 0.257 e. The average Bonchev–Trinajstić information content (AvgIpc) is 2.74. The highest BCUT2D eigenvalue weighted by molar-refractivity contribution is 7.72. The molecule has 0 aliphatic carbocycles. The van der Waals surface area contributed by atoms with Gasteiger partial charge in [0.05, 0.1) is 26.2 Å². The van der Waals surface area contributed by atoms with Crippen LogP contribution in [0.2, 0.25) is 10.0 Å². The number of fused-ring (bicyclic) bond motifs is 1.